The van der Waals surface area contributed by atoms with E-state index in [0.29, 0.717) is 5.84 Å². The van der Waals surface area contributed by atoms with Crippen molar-refractivity contribution in [3.05, 3.63) is 0 Å². The first kappa shape index (κ1) is 5.28. The molecule has 0 aromatic carbocycles. The molecule has 2 amide bonds. The Labute approximate surface area is 56.6 Å². The van der Waals surface area contributed by atoms with E-state index in [4.69, 9.17) is 0 Å². The number of carbonyl (C=O) groups excluding carboxylic acids is 1. The standard InChI is InChI=1S/C5H4N4O/c10-5-8-3-1-6-2-7-4(3)9-5/h1-3H,(H,8,10). The van der Waals surface area contributed by atoms with Crippen LogP contribution in [0.3, 0.4) is 0 Å². The maximum Gasteiger partial charge on any atom is 0.343 e. The molecule has 0 bridgehead atoms. The fourth-order valence-electron chi connectivity index (χ4n) is 0.834. The van der Waals surface area contributed by atoms with Gasteiger partial charge in [0.05, 0.1) is 0 Å². The van der Waals surface area contributed by atoms with Crippen LogP contribution in [0.5, 0.6) is 0 Å². The maximum absolute atomic E-state index is 10.6. The smallest absolute Gasteiger partial charge is 0.321 e. The number of amides is 2. The van der Waals surface area contributed by atoms with E-state index in [1.165, 1.54) is 6.34 Å². The molecule has 0 saturated carbocycles. The van der Waals surface area contributed by atoms with Gasteiger partial charge in [0.15, 0.2) is 5.84 Å². The van der Waals surface area contributed by atoms with Gasteiger partial charge in [-0.05, 0) is 0 Å². The molecule has 2 rings (SSSR count). The summed E-state index contributed by atoms with van der Waals surface area (Å²) in [5.41, 5.74) is 0. The Morgan fingerprint density at radius 3 is 3.30 bits per heavy atom. The van der Waals surface area contributed by atoms with Gasteiger partial charge in [-0.1, -0.05) is 0 Å². The van der Waals surface area contributed by atoms with Crippen molar-refractivity contribution < 1.29 is 4.79 Å². The van der Waals surface area contributed by atoms with Crippen molar-refractivity contribution in [2.24, 2.45) is 15.0 Å². The highest BCUT2D eigenvalue weighted by Crippen LogP contribution is 2.01. The number of hydrogen-bond donors (Lipinski definition) is 1. The number of carbonyl (C=O) groups is 1. The highest BCUT2D eigenvalue weighted by atomic mass is 16.2. The monoisotopic (exact) mass is 136 g/mol. The lowest BCUT2D eigenvalue weighted by Crippen LogP contribution is -2.33. The summed E-state index contributed by atoms with van der Waals surface area (Å²) < 4.78 is 0. The lowest BCUT2D eigenvalue weighted by atomic mass is 10.3. The average molecular weight is 136 g/mol. The first-order chi connectivity index (χ1) is 4.86. The normalized spacial score (nSPS) is 27.8. The summed E-state index contributed by atoms with van der Waals surface area (Å²) in [6, 6.07) is -0.539. The van der Waals surface area contributed by atoms with Gasteiger partial charge in [0.25, 0.3) is 0 Å². The summed E-state index contributed by atoms with van der Waals surface area (Å²) in [5, 5.41) is 2.55. The molecule has 2 aliphatic heterocycles. The number of nitrogens with one attached hydrogen (secondary N) is 1. The number of nitrogens with zero attached hydrogens (tertiary/aromatic N) is 3. The first-order valence-electron chi connectivity index (χ1n) is 2.81. The molecule has 0 aromatic heterocycles. The fraction of sp³-hybridized carbons (Fsp3) is 0.200. The van der Waals surface area contributed by atoms with Gasteiger partial charge in [-0.2, -0.15) is 4.99 Å². The number of rotatable bonds is 0. The molecule has 2 heterocycles. The minimum atomic E-state index is -0.342. The molecule has 1 N–H and O–H groups in total. The predicted octanol–water partition coefficient (Wildman–Crippen LogP) is -0.411. The van der Waals surface area contributed by atoms with Gasteiger partial charge in [0, 0.05) is 6.21 Å². The third-order valence-electron chi connectivity index (χ3n) is 1.27. The Kier molecular flexibility index (Phi) is 0.913. The molecule has 0 fully saturated rings. The minimum absolute atomic E-state index is 0.197. The summed E-state index contributed by atoms with van der Waals surface area (Å²) in [6.45, 7) is 0. The van der Waals surface area contributed by atoms with Crippen molar-refractivity contribution in [1.82, 2.24) is 5.32 Å². The van der Waals surface area contributed by atoms with Crippen molar-refractivity contribution in [2.75, 3.05) is 0 Å². The quantitative estimate of drug-likeness (QED) is 0.483. The molecule has 1 atom stereocenters. The third kappa shape index (κ3) is 0.637. The Morgan fingerprint density at radius 1 is 1.60 bits per heavy atom. The molecule has 1 unspecified atom stereocenters. The second-order valence-corrected chi connectivity index (χ2v) is 1.94. The molecular formula is C5H4N4O. The second-order valence-electron chi connectivity index (χ2n) is 1.94. The van der Waals surface area contributed by atoms with E-state index < -0.39 is 0 Å². The Hall–Kier alpha value is -1.52. The number of fused-ring (bicyclic) bond motifs is 1. The lowest BCUT2D eigenvalue weighted by Gasteiger charge is -2.04. The zero-order valence-corrected chi connectivity index (χ0v) is 4.98. The van der Waals surface area contributed by atoms with Gasteiger partial charge in [-0.15, -0.1) is 0 Å². The van der Waals surface area contributed by atoms with Crippen molar-refractivity contribution >= 4 is 24.4 Å². The van der Waals surface area contributed by atoms with Crippen LogP contribution in [0, 0.1) is 0 Å². The van der Waals surface area contributed by atoms with E-state index in [2.05, 4.69) is 20.3 Å². The molecule has 50 valence electrons. The second kappa shape index (κ2) is 1.73. The Morgan fingerprint density at radius 2 is 2.50 bits per heavy atom. The summed E-state index contributed by atoms with van der Waals surface area (Å²) in [4.78, 5) is 21.7. The van der Waals surface area contributed by atoms with Crippen LogP contribution >= 0.6 is 0 Å². The summed E-state index contributed by atoms with van der Waals surface area (Å²) in [5.74, 6) is 0.500. The number of hydrogen-bond acceptors (Lipinski definition) is 3. The first-order valence-corrected chi connectivity index (χ1v) is 2.81. The molecule has 0 spiro atoms. The minimum Gasteiger partial charge on any atom is -0.321 e. The molecular weight excluding hydrogens is 132 g/mol. The molecule has 5 nitrogen and oxygen atoms in total. The molecule has 0 radical (unpaired) electrons. The van der Waals surface area contributed by atoms with Gasteiger partial charge in [-0.3, -0.25) is 0 Å². The lowest BCUT2D eigenvalue weighted by molar-refractivity contribution is 0.251. The van der Waals surface area contributed by atoms with Crippen molar-refractivity contribution in [2.45, 2.75) is 6.04 Å². The largest absolute Gasteiger partial charge is 0.343 e. The molecule has 0 aromatic rings. The van der Waals surface area contributed by atoms with Gasteiger partial charge in [0.1, 0.15) is 12.4 Å². The summed E-state index contributed by atoms with van der Waals surface area (Å²) >= 11 is 0. The zero-order chi connectivity index (χ0) is 6.97. The summed E-state index contributed by atoms with van der Waals surface area (Å²) in [7, 11) is 0. The predicted molar refractivity (Wildman–Crippen MR) is 36.7 cm³/mol. The number of urea groups is 1. The fourth-order valence-corrected chi connectivity index (χ4v) is 0.834. The van der Waals surface area contributed by atoms with Crippen LogP contribution < -0.4 is 5.32 Å². The average Bonchev–Trinajstić information content (AvgIpc) is 2.27. The number of aliphatic imine (C=N–C) groups is 3. The van der Waals surface area contributed by atoms with Crippen LogP contribution in [0.2, 0.25) is 0 Å². The van der Waals surface area contributed by atoms with Crippen LogP contribution in [-0.2, 0) is 0 Å². The molecule has 10 heavy (non-hydrogen) atoms. The third-order valence-corrected chi connectivity index (χ3v) is 1.27. The van der Waals surface area contributed by atoms with Crippen LogP contribution in [0.1, 0.15) is 0 Å². The molecule has 0 aliphatic carbocycles. The van der Waals surface area contributed by atoms with Gasteiger partial charge >= 0.3 is 6.03 Å². The van der Waals surface area contributed by atoms with Crippen LogP contribution in [0.15, 0.2) is 15.0 Å². The maximum atomic E-state index is 10.6. The van der Waals surface area contributed by atoms with Crippen LogP contribution in [0.4, 0.5) is 4.79 Å². The van der Waals surface area contributed by atoms with Crippen molar-refractivity contribution in [3.8, 4) is 0 Å². The SMILES string of the molecule is O=C1N=C2N=CN=CC2N1. The van der Waals surface area contributed by atoms with E-state index in [1.807, 2.05) is 0 Å². The summed E-state index contributed by atoms with van der Waals surface area (Å²) in [6.07, 6.45) is 2.96. The Balaban J connectivity index is 2.37. The van der Waals surface area contributed by atoms with Gasteiger partial charge < -0.3 is 5.32 Å². The van der Waals surface area contributed by atoms with E-state index >= 15 is 0 Å². The molecule has 2 aliphatic rings. The van der Waals surface area contributed by atoms with Gasteiger partial charge in [-0.25, -0.2) is 14.8 Å². The molecule has 5 heteroatoms. The van der Waals surface area contributed by atoms with E-state index in [1.54, 1.807) is 6.21 Å². The van der Waals surface area contributed by atoms with Crippen LogP contribution in [0.25, 0.3) is 0 Å². The van der Waals surface area contributed by atoms with E-state index in [0.717, 1.165) is 0 Å². The topological polar surface area (TPSA) is 66.2 Å². The Bertz CT molecular complexity index is 265. The van der Waals surface area contributed by atoms with E-state index in [9.17, 15) is 4.79 Å². The van der Waals surface area contributed by atoms with Gasteiger partial charge in [0.2, 0.25) is 0 Å². The van der Waals surface area contributed by atoms with E-state index in [-0.39, 0.29) is 12.1 Å². The number of amidine groups is 1. The zero-order valence-electron chi connectivity index (χ0n) is 4.98. The highest BCUT2D eigenvalue weighted by molar-refractivity contribution is 6.16. The van der Waals surface area contributed by atoms with Crippen molar-refractivity contribution in [3.63, 3.8) is 0 Å². The van der Waals surface area contributed by atoms with Crippen LogP contribution in [-0.4, -0.2) is 30.5 Å². The van der Waals surface area contributed by atoms with Crippen molar-refractivity contribution in [1.29, 1.82) is 0 Å². The highest BCUT2D eigenvalue weighted by Gasteiger charge is 2.24. The molecule has 0 saturated heterocycles.